The number of nitrogens with zero attached hydrogens (tertiary/aromatic N) is 1. The standard InChI is InChI=1S/C14H29NO4S.K/c1-3-4-5-6-7-8-11-14(16)15(2)12-9-10-13-20(17,18)19;/h3-13H2,1-2H3,(H,17,18,19);/q;+1/p-1. The Kier molecular flexibility index (Phi) is 16.9. The summed E-state index contributed by atoms with van der Waals surface area (Å²) in [4.78, 5) is 13.4. The fourth-order valence-corrected chi connectivity index (χ4v) is 2.56. The van der Waals surface area contributed by atoms with Crippen LogP contribution in [0.1, 0.15) is 64.7 Å². The Labute approximate surface area is 172 Å². The molecule has 0 fully saturated rings. The van der Waals surface area contributed by atoms with Gasteiger partial charge in [0.2, 0.25) is 5.91 Å². The van der Waals surface area contributed by atoms with Crippen molar-refractivity contribution in [3.05, 3.63) is 0 Å². The van der Waals surface area contributed by atoms with Crippen LogP contribution in [0.2, 0.25) is 0 Å². The van der Waals surface area contributed by atoms with Gasteiger partial charge < -0.3 is 9.45 Å². The summed E-state index contributed by atoms with van der Waals surface area (Å²) in [6.45, 7) is 2.70. The third-order valence-electron chi connectivity index (χ3n) is 3.31. The molecule has 0 aliphatic rings. The maximum Gasteiger partial charge on any atom is 1.00 e. The van der Waals surface area contributed by atoms with Crippen LogP contribution in [0.5, 0.6) is 0 Å². The fraction of sp³-hybridized carbons (Fsp3) is 0.929. The number of amides is 1. The first-order valence-corrected chi connectivity index (χ1v) is 9.12. The van der Waals surface area contributed by atoms with E-state index in [9.17, 15) is 17.8 Å². The molecule has 5 nitrogen and oxygen atoms in total. The summed E-state index contributed by atoms with van der Waals surface area (Å²) < 4.78 is 31.3. The second kappa shape index (κ2) is 14.6. The molecule has 7 heteroatoms. The van der Waals surface area contributed by atoms with E-state index in [1.807, 2.05) is 0 Å². The predicted octanol–water partition coefficient (Wildman–Crippen LogP) is -0.475. The maximum atomic E-state index is 11.8. The quantitative estimate of drug-likeness (QED) is 0.272. The summed E-state index contributed by atoms with van der Waals surface area (Å²) in [6.07, 6.45) is 8.35. The third-order valence-corrected chi connectivity index (χ3v) is 4.10. The van der Waals surface area contributed by atoms with Gasteiger partial charge in [-0.2, -0.15) is 0 Å². The summed E-state index contributed by atoms with van der Waals surface area (Å²) in [5, 5.41) is 0. The van der Waals surface area contributed by atoms with E-state index in [1.54, 1.807) is 11.9 Å². The fourth-order valence-electron chi connectivity index (χ4n) is 2.00. The SMILES string of the molecule is CCCCCCCCC(=O)N(C)CCCCS(=O)(=O)[O-].[K+]. The van der Waals surface area contributed by atoms with E-state index in [1.165, 1.54) is 25.7 Å². The maximum absolute atomic E-state index is 11.8. The van der Waals surface area contributed by atoms with Gasteiger partial charge in [0.1, 0.15) is 0 Å². The largest absolute Gasteiger partial charge is 1.00 e. The summed E-state index contributed by atoms with van der Waals surface area (Å²) in [7, 11) is -2.39. The van der Waals surface area contributed by atoms with Crippen LogP contribution < -0.4 is 51.4 Å². The molecule has 1 amide bonds. The zero-order chi connectivity index (χ0) is 15.4. The van der Waals surface area contributed by atoms with Crippen molar-refractivity contribution < 1.29 is 69.1 Å². The normalized spacial score (nSPS) is 11.0. The van der Waals surface area contributed by atoms with Gasteiger partial charge in [-0.15, -0.1) is 0 Å². The molecule has 0 radical (unpaired) electrons. The van der Waals surface area contributed by atoms with Crippen LogP contribution >= 0.6 is 0 Å². The minimum atomic E-state index is -4.12. The van der Waals surface area contributed by atoms with Gasteiger partial charge in [-0.3, -0.25) is 4.79 Å². The van der Waals surface area contributed by atoms with Gasteiger partial charge in [-0.25, -0.2) is 8.42 Å². The summed E-state index contributed by atoms with van der Waals surface area (Å²) in [5.74, 6) is -0.239. The van der Waals surface area contributed by atoms with E-state index < -0.39 is 10.1 Å². The Morgan fingerprint density at radius 3 is 2.14 bits per heavy atom. The van der Waals surface area contributed by atoms with Crippen molar-refractivity contribution in [3.63, 3.8) is 0 Å². The van der Waals surface area contributed by atoms with E-state index in [-0.39, 0.29) is 63.0 Å². The number of unbranched alkanes of at least 4 members (excludes halogenated alkanes) is 6. The first-order chi connectivity index (χ1) is 9.37. The molecule has 0 N–H and O–H groups in total. The van der Waals surface area contributed by atoms with E-state index >= 15 is 0 Å². The molecular formula is C14H28KNO4S. The van der Waals surface area contributed by atoms with Crippen molar-refractivity contribution in [2.45, 2.75) is 64.7 Å². The van der Waals surface area contributed by atoms with Crippen molar-refractivity contribution >= 4 is 16.0 Å². The number of hydrogen-bond acceptors (Lipinski definition) is 4. The van der Waals surface area contributed by atoms with E-state index in [2.05, 4.69) is 6.92 Å². The number of hydrogen-bond donors (Lipinski definition) is 0. The third kappa shape index (κ3) is 17.2. The average molecular weight is 346 g/mol. The summed E-state index contributed by atoms with van der Waals surface area (Å²) >= 11 is 0. The Bertz CT molecular complexity index is 360. The summed E-state index contributed by atoms with van der Waals surface area (Å²) in [5.41, 5.74) is 0. The van der Waals surface area contributed by atoms with Crippen molar-refractivity contribution in [1.82, 2.24) is 4.90 Å². The molecule has 120 valence electrons. The first kappa shape index (κ1) is 24.3. The molecule has 0 spiro atoms. The van der Waals surface area contributed by atoms with Crippen molar-refractivity contribution in [1.29, 1.82) is 0 Å². The van der Waals surface area contributed by atoms with E-state index in [0.717, 1.165) is 12.8 Å². The molecule has 0 bridgehead atoms. The molecule has 0 aliphatic heterocycles. The molecule has 0 heterocycles. The molecule has 0 saturated carbocycles. The van der Waals surface area contributed by atoms with Crippen LogP contribution in [0.3, 0.4) is 0 Å². The van der Waals surface area contributed by atoms with Crippen molar-refractivity contribution in [2.24, 2.45) is 0 Å². The predicted molar refractivity (Wildman–Crippen MR) is 79.4 cm³/mol. The zero-order valence-corrected chi connectivity index (χ0v) is 17.7. The van der Waals surface area contributed by atoms with Gasteiger partial charge in [0.25, 0.3) is 0 Å². The monoisotopic (exact) mass is 345 g/mol. The Morgan fingerprint density at radius 2 is 1.57 bits per heavy atom. The summed E-state index contributed by atoms with van der Waals surface area (Å²) in [6, 6.07) is 0. The smallest absolute Gasteiger partial charge is 0.748 e. The van der Waals surface area contributed by atoms with Crippen LogP contribution in [-0.4, -0.2) is 43.1 Å². The van der Waals surface area contributed by atoms with E-state index in [0.29, 0.717) is 25.8 Å². The zero-order valence-electron chi connectivity index (χ0n) is 13.8. The molecule has 0 aromatic rings. The van der Waals surface area contributed by atoms with Crippen LogP contribution in [0, 0.1) is 0 Å². The number of carbonyl (C=O) groups is 1. The molecular weight excluding hydrogens is 317 g/mol. The molecule has 0 aromatic heterocycles. The average Bonchev–Trinajstić information content (AvgIpc) is 2.37. The van der Waals surface area contributed by atoms with E-state index in [4.69, 9.17) is 0 Å². The topological polar surface area (TPSA) is 77.5 Å². The second-order valence-electron chi connectivity index (χ2n) is 5.30. The molecule has 0 atom stereocenters. The molecule has 0 rings (SSSR count). The molecule has 0 saturated heterocycles. The van der Waals surface area contributed by atoms with Crippen LogP contribution in [0.4, 0.5) is 0 Å². The van der Waals surface area contributed by atoms with Crippen molar-refractivity contribution in [3.8, 4) is 0 Å². The minimum absolute atomic E-state index is 0. The Balaban J connectivity index is 0. The Morgan fingerprint density at radius 1 is 1.00 bits per heavy atom. The van der Waals surface area contributed by atoms with Gasteiger partial charge in [-0.05, 0) is 19.3 Å². The molecule has 0 aliphatic carbocycles. The minimum Gasteiger partial charge on any atom is -0.748 e. The first-order valence-electron chi connectivity index (χ1n) is 7.54. The van der Waals surface area contributed by atoms with Crippen LogP contribution in [-0.2, 0) is 14.9 Å². The Hall–Kier alpha value is 1.02. The van der Waals surface area contributed by atoms with Gasteiger partial charge in [0, 0.05) is 25.8 Å². The van der Waals surface area contributed by atoms with Crippen molar-refractivity contribution in [2.75, 3.05) is 19.3 Å². The second-order valence-corrected chi connectivity index (χ2v) is 6.83. The van der Waals surface area contributed by atoms with Crippen LogP contribution in [0.15, 0.2) is 0 Å². The van der Waals surface area contributed by atoms with Gasteiger partial charge in [-0.1, -0.05) is 39.0 Å². The van der Waals surface area contributed by atoms with Gasteiger partial charge in [0.05, 0.1) is 10.1 Å². The van der Waals surface area contributed by atoms with Gasteiger partial charge >= 0.3 is 51.4 Å². The molecule has 0 aromatic carbocycles. The number of carbonyl (C=O) groups excluding carboxylic acids is 1. The molecule has 0 unspecified atom stereocenters. The number of rotatable bonds is 12. The van der Waals surface area contributed by atoms with Gasteiger partial charge in [0.15, 0.2) is 0 Å². The van der Waals surface area contributed by atoms with Crippen LogP contribution in [0.25, 0.3) is 0 Å². The molecule has 21 heavy (non-hydrogen) atoms.